The number of likely N-dealkylation sites (tertiary alicyclic amines) is 1. The summed E-state index contributed by atoms with van der Waals surface area (Å²) in [5.41, 5.74) is 1.56. The number of carbonyl (C=O) groups is 7. The highest BCUT2D eigenvalue weighted by molar-refractivity contribution is 6.13. The molecular weight excluding hydrogens is 830 g/mol. The molecule has 6 rings (SSSR count). The van der Waals surface area contributed by atoms with E-state index in [4.69, 9.17) is 9.47 Å². The van der Waals surface area contributed by atoms with E-state index < -0.39 is 103 Å². The fourth-order valence-electron chi connectivity index (χ4n) is 7.13. The van der Waals surface area contributed by atoms with E-state index in [9.17, 15) is 54.0 Å². The van der Waals surface area contributed by atoms with Gasteiger partial charge < -0.3 is 61.5 Å². The number of hydrogen-bond donors (Lipinski definition) is 10. The Kier molecular flexibility index (Phi) is 14.6. The van der Waals surface area contributed by atoms with Crippen molar-refractivity contribution >= 4 is 64.2 Å². The fraction of sp³-hybridized carbons (Fsp3) is 0.487. The first-order chi connectivity index (χ1) is 30.0. The Morgan fingerprint density at radius 1 is 0.952 bits per heavy atom. The van der Waals surface area contributed by atoms with Crippen LogP contribution in [-0.2, 0) is 44.8 Å². The van der Waals surface area contributed by atoms with Crippen LogP contribution >= 0.6 is 0 Å². The van der Waals surface area contributed by atoms with Gasteiger partial charge in [0.1, 0.15) is 54.9 Å². The van der Waals surface area contributed by atoms with E-state index in [0.29, 0.717) is 22.4 Å². The summed E-state index contributed by atoms with van der Waals surface area (Å²) >= 11 is 0. The molecule has 0 bridgehead atoms. The van der Waals surface area contributed by atoms with Crippen molar-refractivity contribution in [3.8, 4) is 0 Å². The number of hydrogen-bond acceptors (Lipinski definition) is 17. The molecule has 0 radical (unpaired) electrons. The number of benzene rings is 1. The standard InChI is InChI=1S/C39H49N11O13/c1-18(2)28(46-25(53)10-11-49-26(54)8-9-27(49)55)37(60)44-19(3)35(58)45-21-6-4-20(5-7-21)15-62-39(61)50-13-22(52)12-23(50)36(59)47-29-24(14-51)63-38(32(57)31(29)56)48-34-30-33(41-16-40-30)42-17-43-34/h4-9,16-19,22-24,28-29,31-32,38,51-52,56-57H,10-15H2,1-3H3,(H,44,60)(H,45,58)(H,46,53)(H,47,59)(H2,40,41,42,43,48)/t19-,22+,23+,24-,28-,29-,31+,32-,38-/m0/s1. The summed E-state index contributed by atoms with van der Waals surface area (Å²) in [6, 6.07) is 1.57. The Morgan fingerprint density at radius 2 is 1.67 bits per heavy atom. The molecule has 24 nitrogen and oxygen atoms in total. The maximum atomic E-state index is 13.5. The number of rotatable bonds is 16. The molecule has 0 saturated carbocycles. The van der Waals surface area contributed by atoms with E-state index in [-0.39, 0.29) is 44.3 Å². The van der Waals surface area contributed by atoms with Gasteiger partial charge in [0.15, 0.2) is 17.7 Å². The first kappa shape index (κ1) is 45.9. The second kappa shape index (κ2) is 20.1. The quantitative estimate of drug-likeness (QED) is 0.0658. The predicted octanol–water partition coefficient (Wildman–Crippen LogP) is -2.64. The van der Waals surface area contributed by atoms with E-state index >= 15 is 0 Å². The van der Waals surface area contributed by atoms with Crippen molar-refractivity contribution < 1.29 is 63.5 Å². The van der Waals surface area contributed by atoms with Crippen molar-refractivity contribution in [1.29, 1.82) is 0 Å². The van der Waals surface area contributed by atoms with Gasteiger partial charge in [0, 0.05) is 37.2 Å². The van der Waals surface area contributed by atoms with Crippen molar-refractivity contribution in [3.05, 3.63) is 54.6 Å². The van der Waals surface area contributed by atoms with E-state index in [1.807, 2.05) is 0 Å². The Morgan fingerprint density at radius 3 is 2.35 bits per heavy atom. The number of carbonyl (C=O) groups excluding carboxylic acids is 7. The van der Waals surface area contributed by atoms with Gasteiger partial charge >= 0.3 is 6.09 Å². The largest absolute Gasteiger partial charge is 0.445 e. The molecule has 0 unspecified atom stereocenters. The molecule has 10 N–H and O–H groups in total. The minimum Gasteiger partial charge on any atom is -0.445 e. The van der Waals surface area contributed by atoms with E-state index in [1.165, 1.54) is 31.7 Å². The predicted molar refractivity (Wildman–Crippen MR) is 216 cm³/mol. The van der Waals surface area contributed by atoms with Crippen LogP contribution in [0.2, 0.25) is 0 Å². The molecule has 63 heavy (non-hydrogen) atoms. The van der Waals surface area contributed by atoms with Crippen LogP contribution in [-0.4, -0.2) is 166 Å². The molecule has 338 valence electrons. The highest BCUT2D eigenvalue weighted by Gasteiger charge is 2.48. The van der Waals surface area contributed by atoms with Gasteiger partial charge in [-0.15, -0.1) is 0 Å². The highest BCUT2D eigenvalue weighted by Crippen LogP contribution is 2.26. The molecule has 3 aromatic rings. The fourth-order valence-corrected chi connectivity index (χ4v) is 7.13. The van der Waals surface area contributed by atoms with Crippen LogP contribution < -0.4 is 26.6 Å². The van der Waals surface area contributed by atoms with Gasteiger partial charge in [-0.05, 0) is 30.5 Å². The van der Waals surface area contributed by atoms with Gasteiger partial charge in [0.25, 0.3) is 11.8 Å². The molecule has 2 fully saturated rings. The summed E-state index contributed by atoms with van der Waals surface area (Å²) in [4.78, 5) is 106. The topological polar surface area (TPSA) is 340 Å². The number of fused-ring (bicyclic) bond motifs is 1. The number of aliphatic hydroxyl groups is 4. The minimum atomic E-state index is -1.66. The second-order valence-electron chi connectivity index (χ2n) is 15.5. The molecule has 1 aromatic carbocycles. The van der Waals surface area contributed by atoms with Crippen LogP contribution in [0.4, 0.5) is 16.3 Å². The molecule has 24 heteroatoms. The summed E-state index contributed by atoms with van der Waals surface area (Å²) in [6.07, 6.45) is -3.36. The third-order valence-corrected chi connectivity index (χ3v) is 10.6. The average Bonchev–Trinajstić information content (AvgIpc) is 3.99. The summed E-state index contributed by atoms with van der Waals surface area (Å²) in [6.45, 7) is 3.52. The van der Waals surface area contributed by atoms with E-state index in [1.54, 1.807) is 26.0 Å². The number of H-pyrrole nitrogens is 1. The number of anilines is 2. The van der Waals surface area contributed by atoms with Gasteiger partial charge in [-0.3, -0.25) is 38.6 Å². The van der Waals surface area contributed by atoms with Gasteiger partial charge in [-0.2, -0.15) is 0 Å². The lowest BCUT2D eigenvalue weighted by molar-refractivity contribution is -0.185. The molecular formula is C39H49N11O13. The second-order valence-corrected chi connectivity index (χ2v) is 15.5. The van der Waals surface area contributed by atoms with Crippen LogP contribution in [0.15, 0.2) is 49.1 Å². The van der Waals surface area contributed by atoms with Gasteiger partial charge in [0.05, 0.1) is 31.6 Å². The van der Waals surface area contributed by atoms with Gasteiger partial charge in [-0.25, -0.2) is 19.7 Å². The number of nitrogens with one attached hydrogen (secondary N) is 6. The Hall–Kier alpha value is -6.60. The summed E-state index contributed by atoms with van der Waals surface area (Å²) < 4.78 is 11.3. The molecule has 5 heterocycles. The van der Waals surface area contributed by atoms with E-state index in [2.05, 4.69) is 46.5 Å². The monoisotopic (exact) mass is 879 g/mol. The molecule has 3 aliphatic rings. The molecule has 2 aromatic heterocycles. The minimum absolute atomic E-state index is 0.154. The van der Waals surface area contributed by atoms with Crippen molar-refractivity contribution in [3.63, 3.8) is 0 Å². The normalized spacial score (nSPS) is 24.3. The summed E-state index contributed by atoms with van der Waals surface area (Å²) in [5.74, 6) is -3.79. The zero-order valence-electron chi connectivity index (χ0n) is 34.3. The smallest absolute Gasteiger partial charge is 0.410 e. The molecule has 0 spiro atoms. The molecule has 3 aliphatic heterocycles. The number of nitrogens with zero attached hydrogens (tertiary/aromatic N) is 5. The van der Waals surface area contributed by atoms with Crippen LogP contribution in [0.25, 0.3) is 11.2 Å². The zero-order valence-corrected chi connectivity index (χ0v) is 34.3. The van der Waals surface area contributed by atoms with Crippen LogP contribution in [0, 0.1) is 5.92 Å². The Labute approximate surface area is 358 Å². The number of imide groups is 1. The maximum Gasteiger partial charge on any atom is 0.410 e. The number of aliphatic hydroxyl groups excluding tert-OH is 4. The van der Waals surface area contributed by atoms with Crippen molar-refractivity contribution in [2.45, 2.75) is 95.0 Å². The molecule has 9 atom stereocenters. The molecule has 7 amide bonds. The highest BCUT2D eigenvalue weighted by atomic mass is 16.6. The number of ether oxygens (including phenoxy) is 2. The lowest BCUT2D eigenvalue weighted by atomic mass is 9.95. The lowest BCUT2D eigenvalue weighted by Gasteiger charge is -2.43. The zero-order chi connectivity index (χ0) is 45.5. The van der Waals surface area contributed by atoms with Crippen LogP contribution in [0.3, 0.4) is 0 Å². The first-order valence-corrected chi connectivity index (χ1v) is 20.0. The average molecular weight is 880 g/mol. The first-order valence-electron chi connectivity index (χ1n) is 20.0. The molecule has 0 aliphatic carbocycles. The van der Waals surface area contributed by atoms with E-state index in [0.717, 1.165) is 22.0 Å². The number of amides is 7. The SMILES string of the molecule is CC(C)[C@H](NC(=O)CCN1C(=O)C=CC1=O)C(=O)N[C@@H](C)C(=O)Nc1ccc(COC(=O)N2C[C@H](O)C[C@@H]2C(=O)N[C@@H]2[C@@H](O)[C@H](O)[C@@H](Nc3ncnc4nc[nH]c34)O[C@H]2CO)cc1. The number of aromatic amines is 1. The summed E-state index contributed by atoms with van der Waals surface area (Å²) in [5, 5.41) is 55.8. The van der Waals surface area contributed by atoms with Gasteiger partial charge in [0.2, 0.25) is 23.6 Å². The number of β-amino-alcohol motifs (C(OH)–C–C–N with tert-alkyl or cyclic N) is 1. The van der Waals surface area contributed by atoms with Gasteiger partial charge in [-0.1, -0.05) is 26.0 Å². The van der Waals surface area contributed by atoms with Crippen molar-refractivity contribution in [1.82, 2.24) is 45.7 Å². The van der Waals surface area contributed by atoms with Crippen LogP contribution in [0.5, 0.6) is 0 Å². The maximum absolute atomic E-state index is 13.5. The third kappa shape index (κ3) is 10.9. The Bertz CT molecular complexity index is 2200. The van der Waals surface area contributed by atoms with Crippen molar-refractivity contribution in [2.24, 2.45) is 5.92 Å². The van der Waals surface area contributed by atoms with Crippen molar-refractivity contribution in [2.75, 3.05) is 30.3 Å². The lowest BCUT2D eigenvalue weighted by Crippen LogP contribution is -2.67. The third-order valence-electron chi connectivity index (χ3n) is 10.6. The molecule has 2 saturated heterocycles. The summed E-state index contributed by atoms with van der Waals surface area (Å²) in [7, 11) is 0. The number of imidazole rings is 1. The van der Waals surface area contributed by atoms with Crippen LogP contribution in [0.1, 0.15) is 39.2 Å². The Balaban J connectivity index is 0.963. The number of aromatic nitrogens is 4.